The first-order valence-corrected chi connectivity index (χ1v) is 7.36. The summed E-state index contributed by atoms with van der Waals surface area (Å²) in [6.07, 6.45) is 0. The number of hydrogen-bond donors (Lipinski definition) is 2. The maximum atomic E-state index is 12.0. The van der Waals surface area contributed by atoms with Crippen LogP contribution in [0, 0.1) is 6.92 Å². The van der Waals surface area contributed by atoms with Gasteiger partial charge in [-0.3, -0.25) is 4.79 Å². The predicted molar refractivity (Wildman–Crippen MR) is 74.1 cm³/mol. The second kappa shape index (κ2) is 6.03. The van der Waals surface area contributed by atoms with E-state index < -0.39 is 10.0 Å². The van der Waals surface area contributed by atoms with Crippen LogP contribution in [0.2, 0.25) is 0 Å². The lowest BCUT2D eigenvalue weighted by atomic mass is 10.2. The second-order valence-corrected chi connectivity index (χ2v) is 6.02. The molecule has 1 rings (SSSR count). The standard InChI is InChI=1S/C12H19N3O3S/c1-4-15(3)12(16)8-14-19(17,18)10-5-6-11(13)9(2)7-10/h5-7,14H,4,8,13H2,1-3H3. The number of nitrogens with zero attached hydrogens (tertiary/aromatic N) is 1. The highest BCUT2D eigenvalue weighted by atomic mass is 32.2. The van der Waals surface area contributed by atoms with Crippen molar-refractivity contribution in [3.8, 4) is 0 Å². The van der Waals surface area contributed by atoms with Gasteiger partial charge in [-0.15, -0.1) is 0 Å². The first-order chi connectivity index (χ1) is 8.77. The van der Waals surface area contributed by atoms with Gasteiger partial charge in [0.2, 0.25) is 15.9 Å². The van der Waals surface area contributed by atoms with Crippen LogP contribution in [0.25, 0.3) is 0 Å². The average molecular weight is 285 g/mol. The van der Waals surface area contributed by atoms with E-state index in [1.165, 1.54) is 23.1 Å². The molecule has 19 heavy (non-hydrogen) atoms. The summed E-state index contributed by atoms with van der Waals surface area (Å²) in [6, 6.07) is 4.42. The van der Waals surface area contributed by atoms with Crippen LogP contribution in [0.3, 0.4) is 0 Å². The molecule has 0 saturated carbocycles. The van der Waals surface area contributed by atoms with Crippen molar-refractivity contribution < 1.29 is 13.2 Å². The van der Waals surface area contributed by atoms with Gasteiger partial charge in [-0.1, -0.05) is 0 Å². The number of anilines is 1. The largest absolute Gasteiger partial charge is 0.399 e. The fraction of sp³-hybridized carbons (Fsp3) is 0.417. The summed E-state index contributed by atoms with van der Waals surface area (Å²) in [5, 5.41) is 0. The minimum absolute atomic E-state index is 0.103. The minimum Gasteiger partial charge on any atom is -0.399 e. The molecule has 6 nitrogen and oxygen atoms in total. The molecular formula is C12H19N3O3S. The molecule has 0 saturated heterocycles. The molecule has 7 heteroatoms. The van der Waals surface area contributed by atoms with Crippen LogP contribution in [0.15, 0.2) is 23.1 Å². The summed E-state index contributed by atoms with van der Waals surface area (Å²) >= 11 is 0. The molecule has 1 aromatic carbocycles. The maximum absolute atomic E-state index is 12.0. The van der Waals surface area contributed by atoms with Crippen molar-refractivity contribution in [1.29, 1.82) is 0 Å². The van der Waals surface area contributed by atoms with Gasteiger partial charge in [0.05, 0.1) is 11.4 Å². The fourth-order valence-corrected chi connectivity index (χ4v) is 2.43. The lowest BCUT2D eigenvalue weighted by Crippen LogP contribution is -2.37. The predicted octanol–water partition coefficient (Wildman–Crippen LogP) is 0.334. The highest BCUT2D eigenvalue weighted by Gasteiger charge is 2.17. The topological polar surface area (TPSA) is 92.5 Å². The number of sulfonamides is 1. The molecule has 0 unspecified atom stereocenters. The number of amides is 1. The number of nitrogens with one attached hydrogen (secondary N) is 1. The molecule has 0 bridgehead atoms. The number of likely N-dealkylation sites (N-methyl/N-ethyl adjacent to an activating group) is 1. The van der Waals surface area contributed by atoms with E-state index in [2.05, 4.69) is 4.72 Å². The molecule has 3 N–H and O–H groups in total. The third kappa shape index (κ3) is 3.93. The number of benzene rings is 1. The highest BCUT2D eigenvalue weighted by Crippen LogP contribution is 2.16. The fourth-order valence-electron chi connectivity index (χ4n) is 1.37. The summed E-state index contributed by atoms with van der Waals surface area (Å²) in [7, 11) is -2.07. The smallest absolute Gasteiger partial charge is 0.241 e. The van der Waals surface area contributed by atoms with Crippen LogP contribution < -0.4 is 10.5 Å². The molecule has 106 valence electrons. The summed E-state index contributed by atoms with van der Waals surface area (Å²) in [5.74, 6) is -0.279. The van der Waals surface area contributed by atoms with Gasteiger partial charge in [0.1, 0.15) is 0 Å². The van der Waals surface area contributed by atoms with Crippen molar-refractivity contribution in [3.63, 3.8) is 0 Å². The highest BCUT2D eigenvalue weighted by molar-refractivity contribution is 7.89. The van der Waals surface area contributed by atoms with Gasteiger partial charge in [0, 0.05) is 19.3 Å². The molecule has 0 fully saturated rings. The normalized spacial score (nSPS) is 11.3. The van der Waals surface area contributed by atoms with Crippen molar-refractivity contribution in [2.45, 2.75) is 18.7 Å². The minimum atomic E-state index is -3.69. The Hall–Kier alpha value is -1.60. The monoisotopic (exact) mass is 285 g/mol. The van der Waals surface area contributed by atoms with Crippen LogP contribution in [0.1, 0.15) is 12.5 Å². The average Bonchev–Trinajstić information content (AvgIpc) is 2.38. The van der Waals surface area contributed by atoms with Crippen molar-refractivity contribution in [2.24, 2.45) is 0 Å². The molecule has 0 aliphatic carbocycles. The molecule has 0 spiro atoms. The Morgan fingerprint density at radius 1 is 1.42 bits per heavy atom. The van der Waals surface area contributed by atoms with Gasteiger partial charge < -0.3 is 10.6 Å². The Balaban J connectivity index is 2.82. The molecule has 0 aliphatic heterocycles. The lowest BCUT2D eigenvalue weighted by Gasteiger charge is -2.15. The van der Waals surface area contributed by atoms with Gasteiger partial charge in [-0.25, -0.2) is 13.1 Å². The summed E-state index contributed by atoms with van der Waals surface area (Å²) < 4.78 is 26.3. The van der Waals surface area contributed by atoms with Gasteiger partial charge >= 0.3 is 0 Å². The summed E-state index contributed by atoms with van der Waals surface area (Å²) in [4.78, 5) is 13.1. The molecule has 1 amide bonds. The van der Waals surface area contributed by atoms with Gasteiger partial charge in [-0.2, -0.15) is 0 Å². The van der Waals surface area contributed by atoms with Crippen LogP contribution in [-0.4, -0.2) is 39.4 Å². The number of rotatable bonds is 5. The van der Waals surface area contributed by atoms with Crippen LogP contribution in [0.4, 0.5) is 5.69 Å². The van der Waals surface area contributed by atoms with Gasteiger partial charge in [-0.05, 0) is 37.6 Å². The van der Waals surface area contributed by atoms with Crippen molar-refractivity contribution >= 4 is 21.6 Å². The van der Waals surface area contributed by atoms with Crippen molar-refractivity contribution in [2.75, 3.05) is 25.9 Å². The number of nitrogen functional groups attached to an aromatic ring is 1. The van der Waals surface area contributed by atoms with Gasteiger partial charge in [0.15, 0.2) is 0 Å². The van der Waals surface area contributed by atoms with Crippen LogP contribution >= 0.6 is 0 Å². The van der Waals surface area contributed by atoms with Crippen molar-refractivity contribution in [1.82, 2.24) is 9.62 Å². The molecule has 0 heterocycles. The van der Waals surface area contributed by atoms with Crippen molar-refractivity contribution in [3.05, 3.63) is 23.8 Å². The zero-order valence-electron chi connectivity index (χ0n) is 11.3. The second-order valence-electron chi connectivity index (χ2n) is 4.25. The summed E-state index contributed by atoms with van der Waals surface area (Å²) in [5.41, 5.74) is 6.84. The zero-order chi connectivity index (χ0) is 14.6. The third-order valence-corrected chi connectivity index (χ3v) is 4.26. The maximum Gasteiger partial charge on any atom is 0.241 e. The number of aryl methyl sites for hydroxylation is 1. The number of carbonyl (C=O) groups excluding carboxylic acids is 1. The molecule has 1 aromatic rings. The number of nitrogens with two attached hydrogens (primary N) is 1. The SMILES string of the molecule is CCN(C)C(=O)CNS(=O)(=O)c1ccc(N)c(C)c1. The Labute approximate surface area is 113 Å². The van der Waals surface area contributed by atoms with E-state index in [1.807, 2.05) is 6.92 Å². The third-order valence-electron chi connectivity index (χ3n) is 2.87. The van der Waals surface area contributed by atoms with E-state index in [0.29, 0.717) is 17.8 Å². The van der Waals surface area contributed by atoms with Gasteiger partial charge in [0.25, 0.3) is 0 Å². The lowest BCUT2D eigenvalue weighted by molar-refractivity contribution is -0.128. The number of carbonyl (C=O) groups is 1. The first-order valence-electron chi connectivity index (χ1n) is 5.87. The molecule has 0 atom stereocenters. The van der Waals surface area contributed by atoms with E-state index in [1.54, 1.807) is 14.0 Å². The van der Waals surface area contributed by atoms with E-state index in [9.17, 15) is 13.2 Å². The molecular weight excluding hydrogens is 266 g/mol. The van der Waals surface area contributed by atoms with E-state index in [0.717, 1.165) is 0 Å². The molecule has 0 radical (unpaired) electrons. The van der Waals surface area contributed by atoms with E-state index in [-0.39, 0.29) is 17.3 Å². The Morgan fingerprint density at radius 3 is 2.58 bits per heavy atom. The zero-order valence-corrected chi connectivity index (χ0v) is 12.1. The molecule has 0 aliphatic rings. The van der Waals surface area contributed by atoms with E-state index in [4.69, 9.17) is 5.73 Å². The van der Waals surface area contributed by atoms with E-state index >= 15 is 0 Å². The summed E-state index contributed by atoms with van der Waals surface area (Å²) in [6.45, 7) is 3.82. The van der Waals surface area contributed by atoms with Crippen LogP contribution in [-0.2, 0) is 14.8 Å². The quantitative estimate of drug-likeness (QED) is 0.763. The Morgan fingerprint density at radius 2 is 2.05 bits per heavy atom. The van der Waals surface area contributed by atoms with Crippen LogP contribution in [0.5, 0.6) is 0 Å². The first kappa shape index (κ1) is 15.5. The number of hydrogen-bond acceptors (Lipinski definition) is 4. The molecule has 0 aromatic heterocycles. The Kier molecular flexibility index (Phi) is 4.90. The Bertz CT molecular complexity index is 570.